The average Bonchev–Trinajstić information content (AvgIpc) is 2.97. The van der Waals surface area contributed by atoms with Gasteiger partial charge in [-0.25, -0.2) is 0 Å². The number of para-hydroxylation sites is 1. The fourth-order valence-electron chi connectivity index (χ4n) is 3.47. The topological polar surface area (TPSA) is 65.6 Å². The normalized spacial score (nSPS) is 18.7. The second-order valence-electron chi connectivity index (χ2n) is 6.15. The van der Waals surface area contributed by atoms with Gasteiger partial charge in [0.05, 0.1) is 12.8 Å². The van der Waals surface area contributed by atoms with E-state index in [1.807, 2.05) is 24.3 Å². The Kier molecular flexibility index (Phi) is 5.71. The number of aliphatic hydroxyl groups excluding tert-OH is 1. The number of nitrogens with zero attached hydrogens (tertiary/aromatic N) is 1. The standard InChI is InChI=1S/C18H24N2O3S/c1-23-15-8-3-2-7-14(15)17-16(24-18(22)19-17)12-20-10-5-4-6-13(20)9-11-21/h2-3,7-8,13,21H,4-6,9-12H2,1H3,(H,19,22). The van der Waals surface area contributed by atoms with Crippen LogP contribution in [0.2, 0.25) is 0 Å². The van der Waals surface area contributed by atoms with Crippen molar-refractivity contribution < 1.29 is 9.84 Å². The predicted octanol–water partition coefficient (Wildman–Crippen LogP) is 2.85. The third kappa shape index (κ3) is 3.71. The third-order valence-electron chi connectivity index (χ3n) is 4.66. The second kappa shape index (κ2) is 7.96. The van der Waals surface area contributed by atoms with E-state index in [0.29, 0.717) is 6.04 Å². The molecule has 2 heterocycles. The number of aromatic nitrogens is 1. The number of hydrogen-bond acceptors (Lipinski definition) is 5. The summed E-state index contributed by atoms with van der Waals surface area (Å²) in [5, 5.41) is 9.31. The molecule has 0 aliphatic carbocycles. The van der Waals surface area contributed by atoms with Gasteiger partial charge in [0.1, 0.15) is 5.75 Å². The van der Waals surface area contributed by atoms with Gasteiger partial charge in [0.25, 0.3) is 0 Å². The number of H-pyrrole nitrogens is 1. The van der Waals surface area contributed by atoms with Crippen molar-refractivity contribution in [3.05, 3.63) is 38.8 Å². The number of nitrogens with one attached hydrogen (secondary N) is 1. The Bertz CT molecular complexity index is 723. The van der Waals surface area contributed by atoms with Crippen molar-refractivity contribution in [1.29, 1.82) is 0 Å². The first-order valence-corrected chi connectivity index (χ1v) is 9.25. The Morgan fingerprint density at radius 2 is 2.21 bits per heavy atom. The summed E-state index contributed by atoms with van der Waals surface area (Å²) in [4.78, 5) is 18.4. The highest BCUT2D eigenvalue weighted by Crippen LogP contribution is 2.33. The Balaban J connectivity index is 1.90. The van der Waals surface area contributed by atoms with Crippen molar-refractivity contribution in [3.63, 3.8) is 0 Å². The fraction of sp³-hybridized carbons (Fsp3) is 0.500. The summed E-state index contributed by atoms with van der Waals surface area (Å²) in [6.45, 7) is 1.97. The summed E-state index contributed by atoms with van der Waals surface area (Å²) in [6, 6.07) is 8.15. The molecule has 1 saturated heterocycles. The highest BCUT2D eigenvalue weighted by Gasteiger charge is 2.24. The third-order valence-corrected chi connectivity index (χ3v) is 5.52. The summed E-state index contributed by atoms with van der Waals surface area (Å²) in [5.41, 5.74) is 1.78. The molecular formula is C18H24N2O3S. The molecule has 0 bridgehead atoms. The molecule has 5 nitrogen and oxygen atoms in total. The van der Waals surface area contributed by atoms with Crippen LogP contribution >= 0.6 is 11.3 Å². The molecule has 1 aromatic carbocycles. The zero-order valence-electron chi connectivity index (χ0n) is 14.0. The summed E-state index contributed by atoms with van der Waals surface area (Å²) < 4.78 is 5.45. The molecule has 1 aliphatic rings. The zero-order valence-corrected chi connectivity index (χ0v) is 14.8. The van der Waals surface area contributed by atoms with Gasteiger partial charge in [-0.3, -0.25) is 9.69 Å². The smallest absolute Gasteiger partial charge is 0.305 e. The van der Waals surface area contributed by atoms with Crippen LogP contribution in [-0.4, -0.2) is 41.3 Å². The maximum absolute atomic E-state index is 12.0. The van der Waals surface area contributed by atoms with Crippen LogP contribution in [0.25, 0.3) is 11.3 Å². The molecule has 2 aromatic rings. The Labute approximate surface area is 145 Å². The molecule has 1 atom stereocenters. The number of likely N-dealkylation sites (tertiary alicyclic amines) is 1. The molecule has 1 unspecified atom stereocenters. The molecule has 6 heteroatoms. The SMILES string of the molecule is COc1ccccc1-c1[nH]c(=O)sc1CN1CCCCC1CCO. The van der Waals surface area contributed by atoms with Gasteiger partial charge in [-0.2, -0.15) is 0 Å². The van der Waals surface area contributed by atoms with Gasteiger partial charge in [0, 0.05) is 29.6 Å². The minimum Gasteiger partial charge on any atom is -0.496 e. The minimum atomic E-state index is -0.0402. The van der Waals surface area contributed by atoms with Crippen LogP contribution in [0.15, 0.2) is 29.1 Å². The number of benzene rings is 1. The second-order valence-corrected chi connectivity index (χ2v) is 7.21. The van der Waals surface area contributed by atoms with Crippen LogP contribution < -0.4 is 9.61 Å². The molecule has 1 aliphatic heterocycles. The van der Waals surface area contributed by atoms with Crippen LogP contribution in [0.3, 0.4) is 0 Å². The van der Waals surface area contributed by atoms with E-state index in [4.69, 9.17) is 4.74 Å². The molecule has 1 fully saturated rings. The van der Waals surface area contributed by atoms with Crippen molar-refractivity contribution in [2.24, 2.45) is 0 Å². The molecule has 0 spiro atoms. The van der Waals surface area contributed by atoms with Crippen molar-refractivity contribution in [2.75, 3.05) is 20.3 Å². The number of ether oxygens (including phenoxy) is 1. The summed E-state index contributed by atoms with van der Waals surface area (Å²) in [6.07, 6.45) is 4.29. The summed E-state index contributed by atoms with van der Waals surface area (Å²) in [5.74, 6) is 0.762. The lowest BCUT2D eigenvalue weighted by Crippen LogP contribution is -2.39. The van der Waals surface area contributed by atoms with Gasteiger partial charge < -0.3 is 14.8 Å². The van der Waals surface area contributed by atoms with Crippen LogP contribution in [0.1, 0.15) is 30.6 Å². The lowest BCUT2D eigenvalue weighted by atomic mass is 9.99. The number of piperidine rings is 1. The highest BCUT2D eigenvalue weighted by molar-refractivity contribution is 7.09. The zero-order chi connectivity index (χ0) is 16.9. The lowest BCUT2D eigenvalue weighted by Gasteiger charge is -2.35. The monoisotopic (exact) mass is 348 g/mol. The summed E-state index contributed by atoms with van der Waals surface area (Å²) in [7, 11) is 1.64. The van der Waals surface area contributed by atoms with Crippen LogP contribution in [0, 0.1) is 0 Å². The van der Waals surface area contributed by atoms with Crippen LogP contribution in [0.4, 0.5) is 0 Å². The first kappa shape index (κ1) is 17.2. The molecule has 0 saturated carbocycles. The van der Waals surface area contributed by atoms with E-state index in [1.54, 1.807) is 7.11 Å². The molecular weight excluding hydrogens is 324 g/mol. The number of aromatic amines is 1. The molecule has 0 amide bonds. The molecule has 24 heavy (non-hydrogen) atoms. The molecule has 0 radical (unpaired) electrons. The molecule has 2 N–H and O–H groups in total. The van der Waals surface area contributed by atoms with E-state index in [1.165, 1.54) is 24.2 Å². The minimum absolute atomic E-state index is 0.0402. The van der Waals surface area contributed by atoms with Crippen molar-refractivity contribution in [2.45, 2.75) is 38.3 Å². The van der Waals surface area contributed by atoms with E-state index in [9.17, 15) is 9.90 Å². The largest absolute Gasteiger partial charge is 0.496 e. The quantitative estimate of drug-likeness (QED) is 0.842. The van der Waals surface area contributed by atoms with Crippen molar-refractivity contribution >= 4 is 11.3 Å². The molecule has 1 aromatic heterocycles. The van der Waals surface area contributed by atoms with Crippen molar-refractivity contribution in [3.8, 4) is 17.0 Å². The van der Waals surface area contributed by atoms with Crippen LogP contribution in [0.5, 0.6) is 5.75 Å². The van der Waals surface area contributed by atoms with Gasteiger partial charge in [0.2, 0.25) is 0 Å². The first-order chi connectivity index (χ1) is 11.7. The first-order valence-electron chi connectivity index (χ1n) is 8.43. The number of aliphatic hydroxyl groups is 1. The molecule has 3 rings (SSSR count). The fourth-order valence-corrected chi connectivity index (χ4v) is 4.34. The van der Waals surface area contributed by atoms with E-state index >= 15 is 0 Å². The van der Waals surface area contributed by atoms with Gasteiger partial charge in [-0.1, -0.05) is 29.9 Å². The Morgan fingerprint density at radius 3 is 3.00 bits per heavy atom. The predicted molar refractivity (Wildman–Crippen MR) is 96.7 cm³/mol. The maximum Gasteiger partial charge on any atom is 0.305 e. The van der Waals surface area contributed by atoms with Crippen molar-refractivity contribution in [1.82, 2.24) is 9.88 Å². The van der Waals surface area contributed by atoms with Gasteiger partial charge in [-0.05, 0) is 37.9 Å². The number of rotatable bonds is 6. The van der Waals surface area contributed by atoms with E-state index in [-0.39, 0.29) is 11.5 Å². The Hall–Kier alpha value is -1.63. The number of thiazole rings is 1. The van der Waals surface area contributed by atoms with Crippen LogP contribution in [-0.2, 0) is 6.54 Å². The van der Waals surface area contributed by atoms with Gasteiger partial charge >= 0.3 is 4.87 Å². The van der Waals surface area contributed by atoms with Gasteiger partial charge in [0.15, 0.2) is 0 Å². The average molecular weight is 348 g/mol. The molecule has 130 valence electrons. The van der Waals surface area contributed by atoms with E-state index in [2.05, 4.69) is 9.88 Å². The highest BCUT2D eigenvalue weighted by atomic mass is 32.1. The number of methoxy groups -OCH3 is 1. The van der Waals surface area contributed by atoms with Gasteiger partial charge in [-0.15, -0.1) is 0 Å². The Morgan fingerprint density at radius 1 is 1.38 bits per heavy atom. The summed E-state index contributed by atoms with van der Waals surface area (Å²) >= 11 is 1.27. The number of hydrogen-bond donors (Lipinski definition) is 2. The maximum atomic E-state index is 12.0. The van der Waals surface area contributed by atoms with E-state index in [0.717, 1.165) is 47.8 Å². The van der Waals surface area contributed by atoms with E-state index < -0.39 is 0 Å². The lowest BCUT2D eigenvalue weighted by molar-refractivity contribution is 0.113.